The molecule has 1 rings (SSSR count). The van der Waals surface area contributed by atoms with Crippen molar-refractivity contribution in [1.82, 2.24) is 5.32 Å². The number of rotatable bonds is 4. The standard InChI is InChI=1S/C6H13NO/c1-2-8-4-3-6-5-7-6/h6-7H,2-5H2,1H3. The van der Waals surface area contributed by atoms with Crippen molar-refractivity contribution in [3.05, 3.63) is 0 Å². The molecule has 48 valence electrons. The van der Waals surface area contributed by atoms with Gasteiger partial charge in [0.05, 0.1) is 0 Å². The molecule has 8 heavy (non-hydrogen) atoms. The quantitative estimate of drug-likeness (QED) is 0.424. The minimum atomic E-state index is 0.779. The Kier molecular flexibility index (Phi) is 2.30. The van der Waals surface area contributed by atoms with Crippen LogP contribution < -0.4 is 5.32 Å². The average molecular weight is 115 g/mol. The fraction of sp³-hybridized carbons (Fsp3) is 1.00. The van der Waals surface area contributed by atoms with Gasteiger partial charge in [-0.2, -0.15) is 0 Å². The Morgan fingerprint density at radius 2 is 2.50 bits per heavy atom. The van der Waals surface area contributed by atoms with Crippen molar-refractivity contribution in [3.8, 4) is 0 Å². The SMILES string of the molecule is CCOCCC1CN1. The van der Waals surface area contributed by atoms with Crippen LogP contribution in [0.15, 0.2) is 0 Å². The second kappa shape index (κ2) is 3.05. The fourth-order valence-electron chi connectivity index (χ4n) is 0.657. The number of nitrogens with one attached hydrogen (secondary N) is 1. The van der Waals surface area contributed by atoms with Gasteiger partial charge >= 0.3 is 0 Å². The first-order valence-electron chi connectivity index (χ1n) is 3.24. The van der Waals surface area contributed by atoms with E-state index in [1.54, 1.807) is 0 Å². The predicted octanol–water partition coefficient (Wildman–Crippen LogP) is 0.385. The number of ether oxygens (including phenoxy) is 1. The van der Waals surface area contributed by atoms with E-state index in [9.17, 15) is 0 Å². The van der Waals surface area contributed by atoms with Crippen molar-refractivity contribution in [1.29, 1.82) is 0 Å². The van der Waals surface area contributed by atoms with Crippen LogP contribution in [0.1, 0.15) is 13.3 Å². The molecule has 1 N–H and O–H groups in total. The van der Waals surface area contributed by atoms with Crippen LogP contribution in [0.4, 0.5) is 0 Å². The molecule has 0 aliphatic carbocycles. The zero-order chi connectivity index (χ0) is 5.82. The Balaban J connectivity index is 1.74. The van der Waals surface area contributed by atoms with Crippen LogP contribution >= 0.6 is 0 Å². The monoisotopic (exact) mass is 115 g/mol. The van der Waals surface area contributed by atoms with Crippen LogP contribution in [0.5, 0.6) is 0 Å². The molecule has 1 aliphatic heterocycles. The molecule has 2 nitrogen and oxygen atoms in total. The Labute approximate surface area is 50.2 Å². The molecule has 0 spiro atoms. The minimum Gasteiger partial charge on any atom is -0.382 e. The van der Waals surface area contributed by atoms with E-state index in [2.05, 4.69) is 5.32 Å². The molecule has 1 heterocycles. The topological polar surface area (TPSA) is 31.2 Å². The van der Waals surface area contributed by atoms with E-state index in [0.717, 1.165) is 19.3 Å². The molecule has 0 bridgehead atoms. The lowest BCUT2D eigenvalue weighted by Crippen LogP contribution is -1.99. The summed E-state index contributed by atoms with van der Waals surface area (Å²) in [6.07, 6.45) is 1.19. The van der Waals surface area contributed by atoms with Crippen molar-refractivity contribution in [2.24, 2.45) is 0 Å². The molecule has 1 saturated heterocycles. The van der Waals surface area contributed by atoms with Crippen molar-refractivity contribution in [2.45, 2.75) is 19.4 Å². The summed E-state index contributed by atoms with van der Waals surface area (Å²) in [6, 6.07) is 0.779. The molecule has 1 fully saturated rings. The molecule has 0 saturated carbocycles. The fourth-order valence-corrected chi connectivity index (χ4v) is 0.657. The van der Waals surface area contributed by atoms with E-state index < -0.39 is 0 Å². The first-order valence-corrected chi connectivity index (χ1v) is 3.24. The summed E-state index contributed by atoms with van der Waals surface area (Å²) in [7, 11) is 0. The molecule has 0 radical (unpaired) electrons. The maximum absolute atomic E-state index is 5.14. The van der Waals surface area contributed by atoms with Crippen LogP contribution in [0.3, 0.4) is 0 Å². The third-order valence-corrected chi connectivity index (χ3v) is 1.31. The highest BCUT2D eigenvalue weighted by molar-refractivity contribution is 4.82. The van der Waals surface area contributed by atoms with Crippen LogP contribution in [0.2, 0.25) is 0 Å². The maximum atomic E-state index is 5.14. The molecule has 0 aromatic carbocycles. The lowest BCUT2D eigenvalue weighted by Gasteiger charge is -1.95. The molecule has 1 atom stereocenters. The molecule has 1 unspecified atom stereocenters. The van der Waals surface area contributed by atoms with E-state index in [-0.39, 0.29) is 0 Å². The van der Waals surface area contributed by atoms with Crippen molar-refractivity contribution in [2.75, 3.05) is 19.8 Å². The first kappa shape index (κ1) is 6.05. The van der Waals surface area contributed by atoms with Gasteiger partial charge < -0.3 is 10.1 Å². The van der Waals surface area contributed by atoms with Gasteiger partial charge in [0.15, 0.2) is 0 Å². The Morgan fingerprint density at radius 1 is 1.75 bits per heavy atom. The van der Waals surface area contributed by atoms with Gasteiger partial charge in [0.1, 0.15) is 0 Å². The van der Waals surface area contributed by atoms with Gasteiger partial charge in [-0.15, -0.1) is 0 Å². The highest BCUT2D eigenvalue weighted by atomic mass is 16.5. The second-order valence-electron chi connectivity index (χ2n) is 2.09. The summed E-state index contributed by atoms with van der Waals surface area (Å²) in [4.78, 5) is 0. The summed E-state index contributed by atoms with van der Waals surface area (Å²) >= 11 is 0. The summed E-state index contributed by atoms with van der Waals surface area (Å²) in [5.74, 6) is 0. The molecular weight excluding hydrogens is 102 g/mol. The van der Waals surface area contributed by atoms with Crippen molar-refractivity contribution < 1.29 is 4.74 Å². The maximum Gasteiger partial charge on any atom is 0.0481 e. The molecule has 0 amide bonds. The first-order chi connectivity index (χ1) is 3.93. The number of hydrogen-bond donors (Lipinski definition) is 1. The molecule has 2 heteroatoms. The van der Waals surface area contributed by atoms with Gasteiger partial charge in [0.2, 0.25) is 0 Å². The summed E-state index contributed by atoms with van der Waals surface area (Å²) in [5.41, 5.74) is 0. The Hall–Kier alpha value is -0.0800. The van der Waals surface area contributed by atoms with Gasteiger partial charge in [-0.05, 0) is 13.3 Å². The lowest BCUT2D eigenvalue weighted by molar-refractivity contribution is 0.145. The molecule has 0 aromatic heterocycles. The lowest BCUT2D eigenvalue weighted by atomic mass is 10.3. The van der Waals surface area contributed by atoms with E-state index >= 15 is 0 Å². The van der Waals surface area contributed by atoms with Crippen LogP contribution in [-0.2, 0) is 4.74 Å². The number of hydrogen-bond acceptors (Lipinski definition) is 2. The summed E-state index contributed by atoms with van der Waals surface area (Å²) < 4.78 is 5.14. The highest BCUT2D eigenvalue weighted by Gasteiger charge is 2.18. The molecular formula is C6H13NO. The zero-order valence-electron chi connectivity index (χ0n) is 5.31. The minimum absolute atomic E-state index is 0.779. The van der Waals surface area contributed by atoms with Gasteiger partial charge in [-0.3, -0.25) is 0 Å². The second-order valence-corrected chi connectivity index (χ2v) is 2.09. The third-order valence-electron chi connectivity index (χ3n) is 1.31. The Bertz CT molecular complexity index is 61.5. The summed E-state index contributed by atoms with van der Waals surface area (Å²) in [5, 5.41) is 3.21. The van der Waals surface area contributed by atoms with Crippen LogP contribution in [0.25, 0.3) is 0 Å². The largest absolute Gasteiger partial charge is 0.382 e. The van der Waals surface area contributed by atoms with Crippen LogP contribution in [0, 0.1) is 0 Å². The zero-order valence-corrected chi connectivity index (χ0v) is 5.31. The molecule has 1 aliphatic rings. The Morgan fingerprint density at radius 3 is 3.00 bits per heavy atom. The molecule has 0 aromatic rings. The van der Waals surface area contributed by atoms with Gasteiger partial charge in [-0.25, -0.2) is 0 Å². The normalized spacial score (nSPS) is 25.9. The van der Waals surface area contributed by atoms with E-state index in [1.807, 2.05) is 6.92 Å². The van der Waals surface area contributed by atoms with Gasteiger partial charge in [0, 0.05) is 25.8 Å². The smallest absolute Gasteiger partial charge is 0.0481 e. The highest BCUT2D eigenvalue weighted by Crippen LogP contribution is 2.01. The van der Waals surface area contributed by atoms with Crippen molar-refractivity contribution >= 4 is 0 Å². The summed E-state index contributed by atoms with van der Waals surface area (Å²) in [6.45, 7) is 5.01. The van der Waals surface area contributed by atoms with Crippen LogP contribution in [-0.4, -0.2) is 25.8 Å². The van der Waals surface area contributed by atoms with E-state index in [1.165, 1.54) is 13.0 Å². The average Bonchev–Trinajstić information content (AvgIpc) is 2.51. The third kappa shape index (κ3) is 2.28. The van der Waals surface area contributed by atoms with E-state index in [4.69, 9.17) is 4.74 Å². The van der Waals surface area contributed by atoms with E-state index in [0.29, 0.717) is 0 Å². The van der Waals surface area contributed by atoms with Crippen molar-refractivity contribution in [3.63, 3.8) is 0 Å². The van der Waals surface area contributed by atoms with Gasteiger partial charge in [0.25, 0.3) is 0 Å². The van der Waals surface area contributed by atoms with Gasteiger partial charge in [-0.1, -0.05) is 0 Å². The predicted molar refractivity (Wildman–Crippen MR) is 32.9 cm³/mol.